The van der Waals surface area contributed by atoms with Crippen LogP contribution in [0, 0.1) is 5.82 Å². The highest BCUT2D eigenvalue weighted by molar-refractivity contribution is 7.92. The molecule has 3 N–H and O–H groups in total. The Morgan fingerprint density at radius 3 is 2.24 bits per heavy atom. The van der Waals surface area contributed by atoms with Gasteiger partial charge < -0.3 is 15.8 Å². The Kier molecular flexibility index (Phi) is 6.17. The normalized spacial score (nSPS) is 11.2. The van der Waals surface area contributed by atoms with E-state index in [0.29, 0.717) is 11.3 Å². The van der Waals surface area contributed by atoms with E-state index in [2.05, 4.69) is 5.32 Å². The molecule has 0 unspecified atom stereocenters. The van der Waals surface area contributed by atoms with Crippen LogP contribution in [0.15, 0.2) is 88.7 Å². The summed E-state index contributed by atoms with van der Waals surface area (Å²) in [5, 5.41) is 2.86. The number of methoxy groups -OCH3 is 1. The Bertz CT molecular complexity index is 1420. The molecule has 0 aliphatic carbocycles. The van der Waals surface area contributed by atoms with Crippen molar-refractivity contribution in [1.29, 1.82) is 0 Å². The van der Waals surface area contributed by atoms with E-state index in [1.54, 1.807) is 36.4 Å². The first-order valence-electron chi connectivity index (χ1n) is 9.75. The van der Waals surface area contributed by atoms with Gasteiger partial charge in [-0.15, -0.1) is 11.3 Å². The van der Waals surface area contributed by atoms with Crippen molar-refractivity contribution in [2.75, 3.05) is 18.2 Å². The van der Waals surface area contributed by atoms with Crippen molar-refractivity contribution in [3.8, 4) is 5.75 Å². The van der Waals surface area contributed by atoms with E-state index in [1.807, 2.05) is 0 Å². The summed E-state index contributed by atoms with van der Waals surface area (Å²) in [6, 6.07) is 20.0. The quantitative estimate of drug-likeness (QED) is 0.348. The number of ketones is 1. The zero-order valence-corrected chi connectivity index (χ0v) is 19.0. The number of hydrogen-bond donors (Lipinski definition) is 2. The van der Waals surface area contributed by atoms with Gasteiger partial charge in [0.05, 0.1) is 23.4 Å². The van der Waals surface area contributed by atoms with Crippen LogP contribution in [0.3, 0.4) is 0 Å². The lowest BCUT2D eigenvalue weighted by molar-refractivity contribution is 0.104. The molecule has 0 saturated heterocycles. The fourth-order valence-electron chi connectivity index (χ4n) is 3.22. The molecule has 0 bridgehead atoms. The van der Waals surface area contributed by atoms with Gasteiger partial charge in [-0.05, 0) is 36.4 Å². The third-order valence-corrected chi connectivity index (χ3v) is 8.01. The molecule has 0 aliphatic heterocycles. The van der Waals surface area contributed by atoms with E-state index < -0.39 is 21.4 Å². The average Bonchev–Trinajstić information content (AvgIpc) is 3.17. The summed E-state index contributed by atoms with van der Waals surface area (Å²) >= 11 is 0.866. The standard InChI is InChI=1S/C24H19FN2O4S2/c1-31-16-11-13-17(14-12-16)33(29,30)23-20(26)22(21(28)15-7-3-2-4-8-15)32-24(23)27-19-10-6-5-9-18(19)25/h2-14,27H,26H2,1H3. The van der Waals surface area contributed by atoms with E-state index >= 15 is 0 Å². The first-order chi connectivity index (χ1) is 15.8. The predicted molar refractivity (Wildman–Crippen MR) is 127 cm³/mol. The highest BCUT2D eigenvalue weighted by Gasteiger charge is 2.32. The van der Waals surface area contributed by atoms with Crippen molar-refractivity contribution >= 4 is 43.3 Å². The van der Waals surface area contributed by atoms with Gasteiger partial charge in [0, 0.05) is 5.56 Å². The summed E-state index contributed by atoms with van der Waals surface area (Å²) in [4.78, 5) is 12.8. The Morgan fingerprint density at radius 2 is 1.61 bits per heavy atom. The van der Waals surface area contributed by atoms with Crippen LogP contribution in [-0.2, 0) is 9.84 Å². The maximum absolute atomic E-state index is 14.3. The smallest absolute Gasteiger partial charge is 0.211 e. The van der Waals surface area contributed by atoms with E-state index in [9.17, 15) is 17.6 Å². The Labute approximate surface area is 194 Å². The molecule has 1 aromatic heterocycles. The molecule has 9 heteroatoms. The summed E-state index contributed by atoms with van der Waals surface area (Å²) < 4.78 is 46.5. The number of nitrogens with two attached hydrogens (primary N) is 1. The van der Waals surface area contributed by atoms with E-state index in [-0.39, 0.29) is 31.0 Å². The number of rotatable bonds is 7. The minimum Gasteiger partial charge on any atom is -0.497 e. The third-order valence-electron chi connectivity index (χ3n) is 4.90. The van der Waals surface area contributed by atoms with Crippen molar-refractivity contribution in [2.24, 2.45) is 0 Å². The number of nitrogens with one attached hydrogen (secondary N) is 1. The van der Waals surface area contributed by atoms with E-state index in [4.69, 9.17) is 10.5 Å². The largest absolute Gasteiger partial charge is 0.497 e. The number of carbonyl (C=O) groups is 1. The number of para-hydroxylation sites is 1. The molecule has 4 aromatic rings. The topological polar surface area (TPSA) is 98.5 Å². The maximum atomic E-state index is 14.3. The number of anilines is 3. The molecule has 168 valence electrons. The zero-order chi connectivity index (χ0) is 23.6. The number of sulfone groups is 1. The first-order valence-corrected chi connectivity index (χ1v) is 12.1. The minimum atomic E-state index is -4.16. The van der Waals surface area contributed by atoms with Gasteiger partial charge in [0.2, 0.25) is 15.6 Å². The van der Waals surface area contributed by atoms with Gasteiger partial charge in [0.15, 0.2) is 0 Å². The van der Waals surface area contributed by atoms with E-state index in [1.165, 1.54) is 49.6 Å². The third kappa shape index (κ3) is 4.33. The molecule has 0 fully saturated rings. The number of carbonyl (C=O) groups excluding carboxylic acids is 1. The molecule has 0 atom stereocenters. The van der Waals surface area contributed by atoms with Gasteiger partial charge in [-0.25, -0.2) is 12.8 Å². The number of ether oxygens (including phenoxy) is 1. The molecule has 0 amide bonds. The number of benzene rings is 3. The summed E-state index contributed by atoms with van der Waals surface area (Å²) in [7, 11) is -2.69. The molecular formula is C24H19FN2O4S2. The van der Waals surface area contributed by atoms with Crippen molar-refractivity contribution in [3.63, 3.8) is 0 Å². The molecule has 3 aromatic carbocycles. The van der Waals surface area contributed by atoms with Crippen LogP contribution in [0.1, 0.15) is 15.2 Å². The van der Waals surface area contributed by atoms with Crippen molar-refractivity contribution < 1.29 is 22.3 Å². The molecule has 0 saturated carbocycles. The maximum Gasteiger partial charge on any atom is 0.211 e. The van der Waals surface area contributed by atoms with Gasteiger partial charge in [0.25, 0.3) is 0 Å². The fourth-order valence-corrected chi connectivity index (χ4v) is 6.15. The SMILES string of the molecule is COc1ccc(S(=O)(=O)c2c(Nc3ccccc3F)sc(C(=O)c3ccccc3)c2N)cc1. The van der Waals surface area contributed by atoms with Crippen LogP contribution in [0.5, 0.6) is 5.75 Å². The van der Waals surface area contributed by atoms with Crippen LogP contribution in [0.25, 0.3) is 0 Å². The highest BCUT2D eigenvalue weighted by Crippen LogP contribution is 2.44. The van der Waals surface area contributed by atoms with Crippen LogP contribution in [0.2, 0.25) is 0 Å². The molecule has 6 nitrogen and oxygen atoms in total. The lowest BCUT2D eigenvalue weighted by atomic mass is 10.1. The monoisotopic (exact) mass is 482 g/mol. The fraction of sp³-hybridized carbons (Fsp3) is 0.0417. The molecule has 0 aliphatic rings. The molecule has 33 heavy (non-hydrogen) atoms. The number of halogens is 1. The summed E-state index contributed by atoms with van der Waals surface area (Å²) in [5.41, 5.74) is 6.49. The highest BCUT2D eigenvalue weighted by atomic mass is 32.2. The van der Waals surface area contributed by atoms with Gasteiger partial charge in [-0.3, -0.25) is 4.79 Å². The summed E-state index contributed by atoms with van der Waals surface area (Å²) in [6.07, 6.45) is 0. The lowest BCUT2D eigenvalue weighted by Crippen LogP contribution is -2.08. The zero-order valence-electron chi connectivity index (χ0n) is 17.4. The minimum absolute atomic E-state index is 0.0388. The lowest BCUT2D eigenvalue weighted by Gasteiger charge is -2.10. The number of hydrogen-bond acceptors (Lipinski definition) is 7. The van der Waals surface area contributed by atoms with Gasteiger partial charge >= 0.3 is 0 Å². The number of nitrogen functional groups attached to an aromatic ring is 1. The summed E-state index contributed by atoms with van der Waals surface area (Å²) in [5.74, 6) is -0.518. The summed E-state index contributed by atoms with van der Waals surface area (Å²) in [6.45, 7) is 0. The van der Waals surface area contributed by atoms with E-state index in [0.717, 1.165) is 11.3 Å². The Balaban J connectivity index is 1.89. The average molecular weight is 483 g/mol. The van der Waals surface area contributed by atoms with Gasteiger partial charge in [-0.2, -0.15) is 0 Å². The van der Waals surface area contributed by atoms with Crippen molar-refractivity contribution in [2.45, 2.75) is 9.79 Å². The molecule has 4 rings (SSSR count). The predicted octanol–water partition coefficient (Wildman–Crippen LogP) is 5.29. The van der Waals surface area contributed by atoms with Gasteiger partial charge in [-0.1, -0.05) is 42.5 Å². The molecule has 0 spiro atoms. The van der Waals surface area contributed by atoms with Gasteiger partial charge in [0.1, 0.15) is 26.3 Å². The van der Waals surface area contributed by atoms with Crippen LogP contribution < -0.4 is 15.8 Å². The van der Waals surface area contributed by atoms with Crippen LogP contribution in [-0.4, -0.2) is 21.3 Å². The second kappa shape index (κ2) is 9.05. The second-order valence-electron chi connectivity index (χ2n) is 6.98. The van der Waals surface area contributed by atoms with Crippen molar-refractivity contribution in [3.05, 3.63) is 95.1 Å². The Hall–Kier alpha value is -3.69. The van der Waals surface area contributed by atoms with Crippen LogP contribution in [0.4, 0.5) is 20.8 Å². The first kappa shape index (κ1) is 22.5. The van der Waals surface area contributed by atoms with Crippen molar-refractivity contribution in [1.82, 2.24) is 0 Å². The molecule has 1 heterocycles. The number of thiophene rings is 1. The second-order valence-corrected chi connectivity index (χ2v) is 9.89. The molecule has 0 radical (unpaired) electrons. The van der Waals surface area contributed by atoms with Crippen LogP contribution >= 0.6 is 11.3 Å². The Morgan fingerprint density at radius 1 is 0.970 bits per heavy atom. The molecular weight excluding hydrogens is 463 g/mol.